The summed E-state index contributed by atoms with van der Waals surface area (Å²) in [6.45, 7) is 7.05. The summed E-state index contributed by atoms with van der Waals surface area (Å²) in [6, 6.07) is 3.71. The Bertz CT molecular complexity index is 514. The number of nitrogens with zero attached hydrogens (tertiary/aromatic N) is 1. The minimum absolute atomic E-state index is 0.0859. The van der Waals surface area contributed by atoms with Gasteiger partial charge in [0.1, 0.15) is 0 Å². The Balaban J connectivity index is 1.69. The van der Waals surface area contributed by atoms with Crippen molar-refractivity contribution < 1.29 is 4.79 Å². The van der Waals surface area contributed by atoms with E-state index in [1.165, 1.54) is 23.5 Å². The van der Waals surface area contributed by atoms with E-state index >= 15 is 0 Å². The molecule has 1 amide bonds. The number of hydrazone groups is 1. The van der Waals surface area contributed by atoms with Gasteiger partial charge in [0, 0.05) is 11.6 Å². The fraction of sp³-hybridized carbons (Fsp3) is 0.600. The first-order valence-electron chi connectivity index (χ1n) is 6.90. The largest absolute Gasteiger partial charge is 0.281 e. The third kappa shape index (κ3) is 2.02. The molecule has 2 bridgehead atoms. The van der Waals surface area contributed by atoms with Gasteiger partial charge in [-0.15, -0.1) is 11.3 Å². The topological polar surface area (TPSA) is 41.5 Å². The first-order valence-corrected chi connectivity index (χ1v) is 7.78. The summed E-state index contributed by atoms with van der Waals surface area (Å²) in [7, 11) is 0. The smallest absolute Gasteiger partial charge is 0.266 e. The number of rotatable bonds is 2. The molecule has 0 saturated heterocycles. The highest BCUT2D eigenvalue weighted by Gasteiger charge is 2.53. The lowest BCUT2D eigenvalue weighted by Gasteiger charge is -2.36. The maximum absolute atomic E-state index is 11.9. The molecule has 0 aliphatic heterocycles. The zero-order valence-electron chi connectivity index (χ0n) is 11.6. The van der Waals surface area contributed by atoms with E-state index in [0.717, 1.165) is 17.2 Å². The zero-order chi connectivity index (χ0) is 13.6. The van der Waals surface area contributed by atoms with Gasteiger partial charge in [-0.1, -0.05) is 26.8 Å². The minimum atomic E-state index is -0.0859. The third-order valence-electron chi connectivity index (χ3n) is 5.30. The molecule has 1 heterocycles. The van der Waals surface area contributed by atoms with Crippen LogP contribution in [0.4, 0.5) is 0 Å². The van der Waals surface area contributed by atoms with Crippen LogP contribution in [0.2, 0.25) is 0 Å². The summed E-state index contributed by atoms with van der Waals surface area (Å²) >= 11 is 1.45. The van der Waals surface area contributed by atoms with Crippen LogP contribution in [0.1, 0.15) is 43.3 Å². The molecule has 1 aromatic heterocycles. The molecule has 0 spiro atoms. The van der Waals surface area contributed by atoms with Crippen LogP contribution >= 0.6 is 11.3 Å². The quantitative estimate of drug-likeness (QED) is 0.825. The molecular weight excluding hydrogens is 256 g/mol. The van der Waals surface area contributed by atoms with Crippen LogP contribution in [-0.4, -0.2) is 11.6 Å². The Morgan fingerprint density at radius 1 is 1.53 bits per heavy atom. The van der Waals surface area contributed by atoms with Gasteiger partial charge in [0.25, 0.3) is 5.91 Å². The molecular formula is C15H20N2OS. The molecule has 0 unspecified atom stereocenters. The number of fused-ring (bicyclic) bond motifs is 2. The highest BCUT2D eigenvalue weighted by molar-refractivity contribution is 7.12. The fourth-order valence-electron chi connectivity index (χ4n) is 3.59. The molecule has 2 saturated carbocycles. The van der Waals surface area contributed by atoms with Gasteiger partial charge < -0.3 is 0 Å². The van der Waals surface area contributed by atoms with E-state index < -0.39 is 0 Å². The number of amides is 1. The molecule has 1 N–H and O–H groups in total. The lowest BCUT2D eigenvalue weighted by molar-refractivity contribution is 0.0958. The summed E-state index contributed by atoms with van der Waals surface area (Å²) in [5.41, 5.74) is 4.33. The Morgan fingerprint density at radius 3 is 2.89 bits per heavy atom. The highest BCUT2D eigenvalue weighted by Crippen LogP contribution is 2.57. The molecule has 3 rings (SSSR count). The lowest BCUT2D eigenvalue weighted by Crippen LogP contribution is -2.34. The molecule has 4 heteroatoms. The van der Waals surface area contributed by atoms with Gasteiger partial charge >= 0.3 is 0 Å². The molecule has 2 aliphatic rings. The van der Waals surface area contributed by atoms with Crippen molar-refractivity contribution in [3.05, 3.63) is 22.4 Å². The molecule has 2 aliphatic carbocycles. The van der Waals surface area contributed by atoms with Crippen molar-refractivity contribution in [2.75, 3.05) is 0 Å². The van der Waals surface area contributed by atoms with Crippen LogP contribution in [0, 0.1) is 23.2 Å². The van der Waals surface area contributed by atoms with Crippen molar-refractivity contribution in [2.45, 2.75) is 33.6 Å². The molecule has 0 radical (unpaired) electrons. The van der Waals surface area contributed by atoms with E-state index in [-0.39, 0.29) is 5.91 Å². The average Bonchev–Trinajstić information content (AvgIpc) is 3.06. The van der Waals surface area contributed by atoms with Crippen LogP contribution in [-0.2, 0) is 0 Å². The van der Waals surface area contributed by atoms with Gasteiger partial charge in [0.15, 0.2) is 0 Å². The predicted octanol–water partition coefficient (Wildman–Crippen LogP) is 3.54. The van der Waals surface area contributed by atoms with Gasteiger partial charge in [0.2, 0.25) is 0 Å². The first kappa shape index (κ1) is 12.9. The normalized spacial score (nSPS) is 33.8. The third-order valence-corrected chi connectivity index (χ3v) is 6.17. The van der Waals surface area contributed by atoms with E-state index in [1.807, 2.05) is 17.5 Å². The summed E-state index contributed by atoms with van der Waals surface area (Å²) in [5.74, 6) is 1.86. The van der Waals surface area contributed by atoms with Gasteiger partial charge in [-0.25, -0.2) is 5.43 Å². The standard InChI is InChI=1S/C15H20N2OS/c1-9-11-7-10(15(9,2)3)8-12(11)16-17-14(18)13-5-4-6-19-13/h4-6,9-11H,7-8H2,1-3H3,(H,17,18)/b16-12-/t9-,10+,11-/m1/s1. The zero-order valence-corrected chi connectivity index (χ0v) is 12.5. The number of nitrogens with one attached hydrogen (secondary N) is 1. The second-order valence-electron chi connectivity index (χ2n) is 6.37. The number of thiophene rings is 1. The SMILES string of the molecule is C[C@@H]1[C@H]2C[C@@H](C/C2=N/NC(=O)c2cccs2)C1(C)C. The predicted molar refractivity (Wildman–Crippen MR) is 78.4 cm³/mol. The van der Waals surface area contributed by atoms with Crippen LogP contribution in [0.15, 0.2) is 22.6 Å². The van der Waals surface area contributed by atoms with E-state index in [2.05, 4.69) is 31.3 Å². The number of hydrogen-bond acceptors (Lipinski definition) is 3. The van der Waals surface area contributed by atoms with Crippen molar-refractivity contribution >= 4 is 23.0 Å². The average molecular weight is 276 g/mol. The number of carbonyl (C=O) groups is 1. The molecule has 0 aromatic carbocycles. The Morgan fingerprint density at radius 2 is 2.32 bits per heavy atom. The molecule has 1 aromatic rings. The summed E-state index contributed by atoms with van der Waals surface area (Å²) in [5, 5.41) is 6.31. The van der Waals surface area contributed by atoms with Crippen molar-refractivity contribution in [2.24, 2.45) is 28.3 Å². The van der Waals surface area contributed by atoms with Crippen LogP contribution in [0.3, 0.4) is 0 Å². The van der Waals surface area contributed by atoms with Crippen molar-refractivity contribution in [3.63, 3.8) is 0 Å². The number of carbonyl (C=O) groups excluding carboxylic acids is 1. The molecule has 3 atom stereocenters. The molecule has 19 heavy (non-hydrogen) atoms. The van der Waals surface area contributed by atoms with E-state index in [4.69, 9.17) is 0 Å². The van der Waals surface area contributed by atoms with Gasteiger partial charge in [-0.05, 0) is 41.5 Å². The van der Waals surface area contributed by atoms with E-state index in [9.17, 15) is 4.79 Å². The second-order valence-corrected chi connectivity index (χ2v) is 7.32. The maximum atomic E-state index is 11.9. The molecule has 102 valence electrons. The van der Waals surface area contributed by atoms with Crippen LogP contribution < -0.4 is 5.43 Å². The van der Waals surface area contributed by atoms with E-state index in [1.54, 1.807) is 0 Å². The van der Waals surface area contributed by atoms with Gasteiger partial charge in [-0.3, -0.25) is 4.79 Å². The van der Waals surface area contributed by atoms with E-state index in [0.29, 0.717) is 17.3 Å². The fourth-order valence-corrected chi connectivity index (χ4v) is 4.21. The highest BCUT2D eigenvalue weighted by atomic mass is 32.1. The minimum Gasteiger partial charge on any atom is -0.266 e. The maximum Gasteiger partial charge on any atom is 0.281 e. The molecule has 2 fully saturated rings. The number of hydrogen-bond donors (Lipinski definition) is 1. The van der Waals surface area contributed by atoms with Gasteiger partial charge in [0.05, 0.1) is 4.88 Å². The monoisotopic (exact) mass is 276 g/mol. The Kier molecular flexibility index (Phi) is 3.01. The van der Waals surface area contributed by atoms with Crippen molar-refractivity contribution in [1.29, 1.82) is 0 Å². The van der Waals surface area contributed by atoms with Gasteiger partial charge in [-0.2, -0.15) is 5.10 Å². The van der Waals surface area contributed by atoms with Crippen molar-refractivity contribution in [1.82, 2.24) is 5.43 Å². The summed E-state index contributed by atoms with van der Waals surface area (Å²) in [6.07, 6.45) is 2.29. The van der Waals surface area contributed by atoms with Crippen LogP contribution in [0.25, 0.3) is 0 Å². The Hall–Kier alpha value is -1.16. The lowest BCUT2D eigenvalue weighted by atomic mass is 9.69. The van der Waals surface area contributed by atoms with Crippen LogP contribution in [0.5, 0.6) is 0 Å². The summed E-state index contributed by atoms with van der Waals surface area (Å²) in [4.78, 5) is 12.6. The summed E-state index contributed by atoms with van der Waals surface area (Å²) < 4.78 is 0. The van der Waals surface area contributed by atoms with Crippen molar-refractivity contribution in [3.8, 4) is 0 Å². The second kappa shape index (κ2) is 4.44. The Labute approximate surface area is 118 Å². The molecule has 3 nitrogen and oxygen atoms in total. The first-order chi connectivity index (χ1) is 9.00.